The van der Waals surface area contributed by atoms with Gasteiger partial charge >= 0.3 is 0 Å². The fourth-order valence-corrected chi connectivity index (χ4v) is 4.74. The predicted molar refractivity (Wildman–Crippen MR) is 103 cm³/mol. The van der Waals surface area contributed by atoms with Crippen LogP contribution in [-0.4, -0.2) is 48.5 Å². The van der Waals surface area contributed by atoms with E-state index in [0.717, 1.165) is 16.6 Å². The smallest absolute Gasteiger partial charge is 0.280 e. The first-order valence-electron chi connectivity index (χ1n) is 9.86. The Morgan fingerprint density at radius 1 is 1.27 bits per heavy atom. The summed E-state index contributed by atoms with van der Waals surface area (Å²) in [4.78, 5) is 38.8. The van der Waals surface area contributed by atoms with Crippen LogP contribution in [-0.2, 0) is 6.42 Å². The molecule has 0 aromatic carbocycles. The number of nitrogens with zero attached hydrogens (tertiary/aromatic N) is 5. The summed E-state index contributed by atoms with van der Waals surface area (Å²) in [6, 6.07) is 1.27. The molecular formula is C20H20F2N6O2. The Bertz CT molecular complexity index is 1230. The van der Waals surface area contributed by atoms with E-state index in [-0.39, 0.29) is 40.2 Å². The minimum atomic E-state index is -2.73. The predicted octanol–water partition coefficient (Wildman–Crippen LogP) is 2.17. The average molecular weight is 414 g/mol. The first-order valence-corrected chi connectivity index (χ1v) is 9.86. The van der Waals surface area contributed by atoms with Crippen LogP contribution in [0.5, 0.6) is 0 Å². The molecule has 4 heterocycles. The molecule has 0 radical (unpaired) electrons. The number of amides is 1. The van der Waals surface area contributed by atoms with E-state index in [4.69, 9.17) is 0 Å². The molecule has 8 nitrogen and oxygen atoms in total. The molecule has 1 aliphatic carbocycles. The lowest BCUT2D eigenvalue weighted by molar-refractivity contribution is 0.0787. The Morgan fingerprint density at radius 3 is 2.83 bits per heavy atom. The van der Waals surface area contributed by atoms with E-state index in [9.17, 15) is 18.4 Å². The van der Waals surface area contributed by atoms with E-state index in [1.54, 1.807) is 18.7 Å². The van der Waals surface area contributed by atoms with Gasteiger partial charge in [-0.3, -0.25) is 9.59 Å². The van der Waals surface area contributed by atoms with Crippen molar-refractivity contribution in [2.45, 2.75) is 39.0 Å². The summed E-state index contributed by atoms with van der Waals surface area (Å²) in [5.74, 6) is 0.474. The maximum atomic E-state index is 13.4. The number of carbonyl (C=O) groups is 1. The van der Waals surface area contributed by atoms with Gasteiger partial charge in [0, 0.05) is 30.3 Å². The molecule has 0 unspecified atom stereocenters. The number of rotatable bonds is 2. The summed E-state index contributed by atoms with van der Waals surface area (Å²) in [6.45, 7) is 4.31. The van der Waals surface area contributed by atoms with Gasteiger partial charge in [-0.05, 0) is 38.7 Å². The van der Waals surface area contributed by atoms with Gasteiger partial charge in [0.15, 0.2) is 5.65 Å². The minimum absolute atomic E-state index is 0.00754. The molecule has 2 aliphatic rings. The summed E-state index contributed by atoms with van der Waals surface area (Å²) in [5, 5.41) is 3.99. The van der Waals surface area contributed by atoms with Gasteiger partial charge in [0.05, 0.1) is 11.9 Å². The number of hydrogen-bond acceptors (Lipinski definition) is 5. The molecule has 1 N–H and O–H groups in total. The largest absolute Gasteiger partial charge is 0.337 e. The van der Waals surface area contributed by atoms with Crippen molar-refractivity contribution in [1.29, 1.82) is 0 Å². The molecule has 3 aromatic rings. The molecule has 0 bridgehead atoms. The number of aromatic amines is 1. The zero-order valence-corrected chi connectivity index (χ0v) is 16.5. The van der Waals surface area contributed by atoms with Gasteiger partial charge < -0.3 is 9.88 Å². The highest BCUT2D eigenvalue weighted by Crippen LogP contribution is 2.40. The fourth-order valence-electron chi connectivity index (χ4n) is 4.74. The maximum Gasteiger partial charge on any atom is 0.280 e. The van der Waals surface area contributed by atoms with Gasteiger partial charge in [-0.2, -0.15) is 5.10 Å². The molecule has 0 spiro atoms. The van der Waals surface area contributed by atoms with Gasteiger partial charge in [0.2, 0.25) is 0 Å². The molecule has 3 aromatic heterocycles. The van der Waals surface area contributed by atoms with Crippen molar-refractivity contribution in [3.8, 4) is 0 Å². The highest BCUT2D eigenvalue weighted by Gasteiger charge is 2.42. The minimum Gasteiger partial charge on any atom is -0.337 e. The number of nitrogens with one attached hydrogen (secondary N) is 1. The normalized spacial score (nSPS) is 20.6. The van der Waals surface area contributed by atoms with E-state index in [1.807, 2.05) is 0 Å². The monoisotopic (exact) mass is 414 g/mol. The first-order chi connectivity index (χ1) is 14.3. The van der Waals surface area contributed by atoms with Crippen LogP contribution in [0.2, 0.25) is 0 Å². The number of H-pyrrole nitrogens is 1. The lowest BCUT2D eigenvalue weighted by atomic mass is 9.80. The molecule has 2 atom stereocenters. The summed E-state index contributed by atoms with van der Waals surface area (Å²) in [7, 11) is 0. The number of alkyl halides is 2. The summed E-state index contributed by atoms with van der Waals surface area (Å²) < 4.78 is 27.8. The number of hydrogen-bond donors (Lipinski definition) is 1. The van der Waals surface area contributed by atoms with Crippen LogP contribution in [0.25, 0.3) is 5.65 Å². The van der Waals surface area contributed by atoms with E-state index in [2.05, 4.69) is 20.1 Å². The summed E-state index contributed by atoms with van der Waals surface area (Å²) in [6.07, 6.45) is 0.0161. The van der Waals surface area contributed by atoms with E-state index < -0.39 is 6.43 Å². The Kier molecular flexibility index (Phi) is 4.19. The Labute approximate surface area is 170 Å². The molecule has 1 fully saturated rings. The lowest BCUT2D eigenvalue weighted by Crippen LogP contribution is -2.29. The SMILES string of the molecule is Cc1cc(C(F)F)n2ncc(C(=O)N3C[C@H]4CCc5c(nc(C)[nH]c5=O)[C@H]4C3)c2n1. The van der Waals surface area contributed by atoms with Gasteiger partial charge in [-0.1, -0.05) is 0 Å². The van der Waals surface area contributed by atoms with Crippen LogP contribution in [0.3, 0.4) is 0 Å². The number of halogens is 2. The second-order valence-corrected chi connectivity index (χ2v) is 8.05. The third-order valence-electron chi connectivity index (χ3n) is 6.09. The topological polar surface area (TPSA) is 96.3 Å². The van der Waals surface area contributed by atoms with E-state index >= 15 is 0 Å². The zero-order valence-electron chi connectivity index (χ0n) is 16.5. The Hall–Kier alpha value is -3.17. The molecule has 1 aliphatic heterocycles. The van der Waals surface area contributed by atoms with Crippen LogP contribution < -0.4 is 5.56 Å². The van der Waals surface area contributed by atoms with Crippen molar-refractivity contribution in [2.24, 2.45) is 5.92 Å². The lowest BCUT2D eigenvalue weighted by Gasteiger charge is -2.25. The summed E-state index contributed by atoms with van der Waals surface area (Å²) >= 11 is 0. The third kappa shape index (κ3) is 2.81. The molecule has 10 heteroatoms. The fraction of sp³-hybridized carbons (Fsp3) is 0.450. The van der Waals surface area contributed by atoms with Gasteiger partial charge in [-0.25, -0.2) is 23.3 Å². The highest BCUT2D eigenvalue weighted by molar-refractivity contribution is 6.00. The van der Waals surface area contributed by atoms with Crippen LogP contribution in [0.1, 0.15) is 57.6 Å². The van der Waals surface area contributed by atoms with E-state index in [1.165, 1.54) is 12.3 Å². The third-order valence-corrected chi connectivity index (χ3v) is 6.09. The van der Waals surface area contributed by atoms with E-state index in [0.29, 0.717) is 36.6 Å². The van der Waals surface area contributed by atoms with Crippen molar-refractivity contribution in [3.05, 3.63) is 56.7 Å². The van der Waals surface area contributed by atoms with Crippen molar-refractivity contribution < 1.29 is 13.6 Å². The average Bonchev–Trinajstić information content (AvgIpc) is 3.30. The zero-order chi connectivity index (χ0) is 21.2. The second kappa shape index (κ2) is 6.68. The number of fused-ring (bicyclic) bond motifs is 4. The molecule has 156 valence electrons. The van der Waals surface area contributed by atoms with Crippen LogP contribution in [0, 0.1) is 19.8 Å². The first kappa shape index (κ1) is 18.8. The second-order valence-electron chi connectivity index (χ2n) is 8.05. The molecule has 1 saturated heterocycles. The van der Waals surface area contributed by atoms with Crippen molar-refractivity contribution in [3.63, 3.8) is 0 Å². The summed E-state index contributed by atoms with van der Waals surface area (Å²) in [5.41, 5.74) is 1.81. The molecular weight excluding hydrogens is 394 g/mol. The molecule has 1 amide bonds. The van der Waals surface area contributed by atoms with Crippen LogP contribution in [0.15, 0.2) is 17.1 Å². The van der Waals surface area contributed by atoms with Gasteiger partial charge in [0.25, 0.3) is 17.9 Å². The van der Waals surface area contributed by atoms with Crippen molar-refractivity contribution in [2.75, 3.05) is 13.1 Å². The number of aromatic nitrogens is 5. The maximum absolute atomic E-state index is 13.4. The standard InChI is InChI=1S/C20H20F2N6O2/c1-9-5-15(17(21)22)28-18(24-9)13(6-23-28)20(30)27-7-11-3-4-12-16(14(11)8-27)25-10(2)26-19(12)29/h5-6,11,14,17H,3-4,7-8H2,1-2H3,(H,25,26,29)/t11-,14+/m1/s1. The number of aryl methyl sites for hydroxylation is 2. The van der Waals surface area contributed by atoms with Crippen molar-refractivity contribution >= 4 is 11.6 Å². The quantitative estimate of drug-likeness (QED) is 0.693. The molecule has 5 rings (SSSR count). The number of carbonyl (C=O) groups excluding carboxylic acids is 1. The Balaban J connectivity index is 1.50. The van der Waals surface area contributed by atoms with Crippen molar-refractivity contribution in [1.82, 2.24) is 29.5 Å². The highest BCUT2D eigenvalue weighted by atomic mass is 19.3. The molecule has 30 heavy (non-hydrogen) atoms. The molecule has 0 saturated carbocycles. The van der Waals surface area contributed by atoms with Crippen LogP contribution >= 0.6 is 0 Å². The number of likely N-dealkylation sites (tertiary alicyclic amines) is 1. The van der Waals surface area contributed by atoms with Gasteiger partial charge in [-0.15, -0.1) is 0 Å². The Morgan fingerprint density at radius 2 is 2.07 bits per heavy atom. The van der Waals surface area contributed by atoms with Gasteiger partial charge in [0.1, 0.15) is 17.1 Å². The van der Waals surface area contributed by atoms with Crippen LogP contribution in [0.4, 0.5) is 8.78 Å².